The molecule has 7 nitrogen and oxygen atoms in total. The van der Waals surface area contributed by atoms with Gasteiger partial charge < -0.3 is 14.2 Å². The smallest absolute Gasteiger partial charge is 0.323 e. The van der Waals surface area contributed by atoms with E-state index in [0.717, 1.165) is 59.8 Å². The van der Waals surface area contributed by atoms with Gasteiger partial charge in [0, 0.05) is 23.9 Å². The molecule has 2 aliphatic heterocycles. The van der Waals surface area contributed by atoms with Crippen molar-refractivity contribution < 1.29 is 19.0 Å². The third kappa shape index (κ3) is 3.88. The Balaban J connectivity index is 1.53. The second kappa shape index (κ2) is 8.43. The molecule has 0 N–H and O–H groups in total. The number of likely N-dealkylation sites (tertiary alicyclic amines) is 1. The molecule has 1 fully saturated rings. The lowest BCUT2D eigenvalue weighted by atomic mass is 10.0. The summed E-state index contributed by atoms with van der Waals surface area (Å²) in [6.07, 6.45) is 4.98. The van der Waals surface area contributed by atoms with Gasteiger partial charge in [0.2, 0.25) is 6.79 Å². The van der Waals surface area contributed by atoms with Crippen LogP contribution < -0.4 is 9.47 Å². The summed E-state index contributed by atoms with van der Waals surface area (Å²) in [6, 6.07) is 15.7. The quantitative estimate of drug-likeness (QED) is 0.586. The molecule has 3 aromatic rings. The molecule has 2 aromatic carbocycles. The Bertz CT molecular complexity index is 1080. The van der Waals surface area contributed by atoms with Crippen LogP contribution >= 0.6 is 0 Å². The van der Waals surface area contributed by atoms with E-state index in [1.54, 1.807) is 0 Å². The van der Waals surface area contributed by atoms with Gasteiger partial charge in [0.05, 0.1) is 18.5 Å². The average molecular weight is 419 g/mol. The molecule has 1 saturated heterocycles. The fourth-order valence-corrected chi connectivity index (χ4v) is 4.33. The standard InChI is InChI=1S/C24H25N3O4/c1-29-24(28)20-9-5-6-12-26(20)14-18-15-27(19-7-3-2-4-8-19)25-23(18)17-10-11-21-22(13-17)31-16-30-21/h2-4,7-8,10-11,13,15,20H,5-6,9,12,14,16H2,1H3. The van der Waals surface area contributed by atoms with Crippen molar-refractivity contribution >= 4 is 5.97 Å². The summed E-state index contributed by atoms with van der Waals surface area (Å²) >= 11 is 0. The highest BCUT2D eigenvalue weighted by Gasteiger charge is 2.30. The summed E-state index contributed by atoms with van der Waals surface area (Å²) in [5.74, 6) is 1.30. The van der Waals surface area contributed by atoms with Crippen LogP contribution in [-0.2, 0) is 16.1 Å². The number of benzene rings is 2. The Hall–Kier alpha value is -3.32. The minimum Gasteiger partial charge on any atom is -0.468 e. The third-order valence-electron chi connectivity index (χ3n) is 5.92. The Kier molecular flexibility index (Phi) is 5.34. The first-order valence-electron chi connectivity index (χ1n) is 10.6. The SMILES string of the molecule is COC(=O)C1CCCCN1Cc1cn(-c2ccccc2)nc1-c1ccc2c(c1)OCO2. The number of fused-ring (bicyclic) bond motifs is 1. The number of nitrogens with zero attached hydrogens (tertiary/aromatic N) is 3. The number of rotatable bonds is 5. The number of hydrogen-bond donors (Lipinski definition) is 0. The molecule has 160 valence electrons. The Morgan fingerprint density at radius 2 is 1.97 bits per heavy atom. The number of aromatic nitrogens is 2. The minimum absolute atomic E-state index is 0.167. The Morgan fingerprint density at radius 1 is 1.13 bits per heavy atom. The number of ether oxygens (including phenoxy) is 3. The maximum Gasteiger partial charge on any atom is 0.323 e. The van der Waals surface area contributed by atoms with Gasteiger partial charge in [-0.05, 0) is 49.7 Å². The van der Waals surface area contributed by atoms with E-state index in [2.05, 4.69) is 11.1 Å². The fraction of sp³-hybridized carbons (Fsp3) is 0.333. The molecule has 1 aromatic heterocycles. The highest BCUT2D eigenvalue weighted by atomic mass is 16.7. The van der Waals surface area contributed by atoms with Crippen LogP contribution in [0, 0.1) is 0 Å². The van der Waals surface area contributed by atoms with Crippen molar-refractivity contribution in [2.75, 3.05) is 20.4 Å². The Morgan fingerprint density at radius 3 is 2.81 bits per heavy atom. The third-order valence-corrected chi connectivity index (χ3v) is 5.92. The fourth-order valence-electron chi connectivity index (χ4n) is 4.33. The highest BCUT2D eigenvalue weighted by molar-refractivity contribution is 5.76. The zero-order valence-electron chi connectivity index (χ0n) is 17.5. The first kappa shape index (κ1) is 19.6. The van der Waals surface area contributed by atoms with E-state index in [0.29, 0.717) is 6.54 Å². The van der Waals surface area contributed by atoms with E-state index in [-0.39, 0.29) is 18.8 Å². The molecule has 7 heteroatoms. The van der Waals surface area contributed by atoms with Crippen molar-refractivity contribution in [1.82, 2.24) is 14.7 Å². The summed E-state index contributed by atoms with van der Waals surface area (Å²) in [7, 11) is 1.46. The number of methoxy groups -OCH3 is 1. The van der Waals surface area contributed by atoms with Crippen LogP contribution in [0.15, 0.2) is 54.7 Å². The van der Waals surface area contributed by atoms with Crippen molar-refractivity contribution in [1.29, 1.82) is 0 Å². The number of carbonyl (C=O) groups excluding carboxylic acids is 1. The van der Waals surface area contributed by atoms with Gasteiger partial charge in [0.25, 0.3) is 0 Å². The highest BCUT2D eigenvalue weighted by Crippen LogP contribution is 2.37. The van der Waals surface area contributed by atoms with E-state index >= 15 is 0 Å². The zero-order chi connectivity index (χ0) is 21.2. The van der Waals surface area contributed by atoms with Gasteiger partial charge in [-0.2, -0.15) is 5.10 Å². The van der Waals surface area contributed by atoms with Gasteiger partial charge in [0.1, 0.15) is 6.04 Å². The molecule has 1 atom stereocenters. The van der Waals surface area contributed by atoms with E-state index in [1.165, 1.54) is 7.11 Å². The van der Waals surface area contributed by atoms with Crippen molar-refractivity contribution in [2.24, 2.45) is 0 Å². The Labute approximate surface area is 181 Å². The monoisotopic (exact) mass is 419 g/mol. The minimum atomic E-state index is -0.219. The van der Waals surface area contributed by atoms with Crippen molar-refractivity contribution in [2.45, 2.75) is 31.8 Å². The first-order valence-corrected chi connectivity index (χ1v) is 10.6. The van der Waals surface area contributed by atoms with Crippen LogP contribution in [-0.4, -0.2) is 47.1 Å². The summed E-state index contributed by atoms with van der Waals surface area (Å²) in [5.41, 5.74) is 3.87. The lowest BCUT2D eigenvalue weighted by Gasteiger charge is -2.33. The lowest BCUT2D eigenvalue weighted by Crippen LogP contribution is -2.44. The molecule has 3 heterocycles. The maximum absolute atomic E-state index is 12.4. The van der Waals surface area contributed by atoms with Crippen LogP contribution in [0.5, 0.6) is 11.5 Å². The molecule has 0 aliphatic carbocycles. The van der Waals surface area contributed by atoms with Gasteiger partial charge in [0.15, 0.2) is 11.5 Å². The van der Waals surface area contributed by atoms with Crippen LogP contribution in [0.1, 0.15) is 24.8 Å². The number of piperidine rings is 1. The van der Waals surface area contributed by atoms with E-state index < -0.39 is 0 Å². The van der Waals surface area contributed by atoms with Crippen LogP contribution in [0.3, 0.4) is 0 Å². The molecular weight excluding hydrogens is 394 g/mol. The summed E-state index contributed by atoms with van der Waals surface area (Å²) in [5, 5.41) is 4.91. The molecule has 1 unspecified atom stereocenters. The molecule has 0 saturated carbocycles. The number of para-hydroxylation sites is 1. The van der Waals surface area contributed by atoms with Gasteiger partial charge in [-0.1, -0.05) is 24.6 Å². The van der Waals surface area contributed by atoms with Gasteiger partial charge >= 0.3 is 5.97 Å². The molecule has 0 spiro atoms. The molecule has 0 bridgehead atoms. The van der Waals surface area contributed by atoms with E-state index in [9.17, 15) is 4.79 Å². The zero-order valence-corrected chi connectivity index (χ0v) is 17.5. The lowest BCUT2D eigenvalue weighted by molar-refractivity contribution is -0.148. The summed E-state index contributed by atoms with van der Waals surface area (Å²) in [4.78, 5) is 14.6. The predicted molar refractivity (Wildman–Crippen MR) is 115 cm³/mol. The first-order chi connectivity index (χ1) is 15.2. The molecular formula is C24H25N3O4. The van der Waals surface area contributed by atoms with Crippen LogP contribution in [0.2, 0.25) is 0 Å². The van der Waals surface area contributed by atoms with Gasteiger partial charge in [-0.25, -0.2) is 4.68 Å². The number of hydrogen-bond acceptors (Lipinski definition) is 6. The van der Waals surface area contributed by atoms with Gasteiger partial charge in [-0.3, -0.25) is 9.69 Å². The molecule has 5 rings (SSSR count). The molecule has 0 amide bonds. The molecule has 0 radical (unpaired) electrons. The van der Waals surface area contributed by atoms with Crippen LogP contribution in [0.25, 0.3) is 16.9 Å². The van der Waals surface area contributed by atoms with Crippen molar-refractivity contribution in [3.8, 4) is 28.4 Å². The van der Waals surface area contributed by atoms with Gasteiger partial charge in [-0.15, -0.1) is 0 Å². The molecule has 31 heavy (non-hydrogen) atoms. The normalized spacial score (nSPS) is 18.2. The summed E-state index contributed by atoms with van der Waals surface area (Å²) < 4.78 is 18.0. The average Bonchev–Trinajstić information content (AvgIpc) is 3.46. The predicted octanol–water partition coefficient (Wildman–Crippen LogP) is 3.80. The largest absolute Gasteiger partial charge is 0.468 e. The van der Waals surface area contributed by atoms with E-state index in [1.807, 2.05) is 53.2 Å². The van der Waals surface area contributed by atoms with Crippen molar-refractivity contribution in [3.63, 3.8) is 0 Å². The second-order valence-electron chi connectivity index (χ2n) is 7.86. The summed E-state index contributed by atoms with van der Waals surface area (Å²) in [6.45, 7) is 1.71. The number of carbonyl (C=O) groups is 1. The van der Waals surface area contributed by atoms with Crippen molar-refractivity contribution in [3.05, 3.63) is 60.3 Å². The second-order valence-corrected chi connectivity index (χ2v) is 7.86. The maximum atomic E-state index is 12.4. The van der Waals surface area contributed by atoms with Crippen LogP contribution in [0.4, 0.5) is 0 Å². The topological polar surface area (TPSA) is 65.8 Å². The van der Waals surface area contributed by atoms with E-state index in [4.69, 9.17) is 19.3 Å². The molecule has 2 aliphatic rings. The number of esters is 1.